The van der Waals surface area contributed by atoms with E-state index in [4.69, 9.17) is 4.74 Å². The number of rotatable bonds is 5. The highest BCUT2D eigenvalue weighted by atomic mass is 16.5. The van der Waals surface area contributed by atoms with Gasteiger partial charge in [-0.15, -0.1) is 0 Å². The van der Waals surface area contributed by atoms with Crippen LogP contribution in [-0.4, -0.2) is 37.8 Å². The van der Waals surface area contributed by atoms with Crippen LogP contribution in [0, 0.1) is 13.8 Å². The second kappa shape index (κ2) is 6.03. The Morgan fingerprint density at radius 2 is 1.82 bits per heavy atom. The lowest BCUT2D eigenvalue weighted by atomic mass is 9.99. The monoisotopic (exact) mass is 237 g/mol. The minimum atomic E-state index is -0.466. The van der Waals surface area contributed by atoms with E-state index in [2.05, 4.69) is 11.8 Å². The zero-order valence-electron chi connectivity index (χ0n) is 11.4. The normalized spacial score (nSPS) is 12.9. The van der Waals surface area contributed by atoms with Gasteiger partial charge in [-0.25, -0.2) is 0 Å². The molecular weight excluding hydrogens is 214 g/mol. The van der Waals surface area contributed by atoms with E-state index >= 15 is 0 Å². The Bertz CT molecular complexity index is 375. The topological polar surface area (TPSA) is 32.7 Å². The molecule has 0 aromatic heterocycles. The van der Waals surface area contributed by atoms with E-state index in [0.717, 1.165) is 17.9 Å². The number of hydrogen-bond acceptors (Lipinski definition) is 3. The SMILES string of the molecule is COc1cc(C)c(C)cc1C(O)CCN(C)C. The van der Waals surface area contributed by atoms with Crippen LogP contribution in [0.5, 0.6) is 5.75 Å². The number of ether oxygens (including phenoxy) is 1. The van der Waals surface area contributed by atoms with Gasteiger partial charge in [0.25, 0.3) is 0 Å². The molecule has 1 rings (SSSR count). The molecule has 0 saturated carbocycles. The molecular formula is C14H23NO2. The summed E-state index contributed by atoms with van der Waals surface area (Å²) < 4.78 is 5.34. The van der Waals surface area contributed by atoms with E-state index in [0.29, 0.717) is 6.42 Å². The predicted octanol–water partition coefficient (Wildman–Crippen LogP) is 2.30. The van der Waals surface area contributed by atoms with Crippen molar-refractivity contribution in [2.75, 3.05) is 27.7 Å². The van der Waals surface area contributed by atoms with Gasteiger partial charge in [-0.05, 0) is 57.6 Å². The second-order valence-electron chi connectivity index (χ2n) is 4.79. The number of aryl methyl sites for hydroxylation is 2. The first-order chi connectivity index (χ1) is 7.95. The van der Waals surface area contributed by atoms with E-state index in [1.807, 2.05) is 33.2 Å². The van der Waals surface area contributed by atoms with Gasteiger partial charge in [0.1, 0.15) is 5.75 Å². The maximum Gasteiger partial charge on any atom is 0.124 e. The minimum absolute atomic E-state index is 0.466. The fourth-order valence-corrected chi connectivity index (χ4v) is 1.79. The number of aliphatic hydroxyl groups excluding tert-OH is 1. The van der Waals surface area contributed by atoms with Crippen LogP contribution in [0.1, 0.15) is 29.2 Å². The lowest BCUT2D eigenvalue weighted by Crippen LogP contribution is -2.16. The van der Waals surface area contributed by atoms with Crippen LogP contribution in [0.25, 0.3) is 0 Å². The molecule has 1 aromatic carbocycles. The molecule has 17 heavy (non-hydrogen) atoms. The number of hydrogen-bond donors (Lipinski definition) is 1. The summed E-state index contributed by atoms with van der Waals surface area (Å²) in [6.07, 6.45) is 0.248. The van der Waals surface area contributed by atoms with Crippen LogP contribution in [-0.2, 0) is 0 Å². The smallest absolute Gasteiger partial charge is 0.124 e. The molecule has 3 nitrogen and oxygen atoms in total. The third-order valence-corrected chi connectivity index (χ3v) is 3.05. The zero-order valence-corrected chi connectivity index (χ0v) is 11.4. The Labute approximate surface area is 104 Å². The number of nitrogens with zero attached hydrogens (tertiary/aromatic N) is 1. The average molecular weight is 237 g/mol. The minimum Gasteiger partial charge on any atom is -0.496 e. The molecule has 0 aliphatic rings. The van der Waals surface area contributed by atoms with Crippen molar-refractivity contribution in [2.45, 2.75) is 26.4 Å². The molecule has 3 heteroatoms. The highest BCUT2D eigenvalue weighted by Gasteiger charge is 2.14. The molecule has 0 amide bonds. The molecule has 0 bridgehead atoms. The Kier molecular flexibility index (Phi) is 4.97. The summed E-state index contributed by atoms with van der Waals surface area (Å²) in [6, 6.07) is 4.01. The van der Waals surface area contributed by atoms with Crippen LogP contribution < -0.4 is 4.74 Å². The summed E-state index contributed by atoms with van der Waals surface area (Å²) >= 11 is 0. The van der Waals surface area contributed by atoms with E-state index in [1.54, 1.807) is 7.11 Å². The van der Waals surface area contributed by atoms with Crippen LogP contribution in [0.3, 0.4) is 0 Å². The summed E-state index contributed by atoms with van der Waals surface area (Å²) in [5, 5.41) is 10.2. The van der Waals surface area contributed by atoms with Crippen molar-refractivity contribution in [1.82, 2.24) is 4.90 Å². The predicted molar refractivity (Wildman–Crippen MR) is 70.6 cm³/mol. The maximum atomic E-state index is 10.2. The fraction of sp³-hybridized carbons (Fsp3) is 0.571. The molecule has 1 aromatic rings. The molecule has 0 aliphatic carbocycles. The molecule has 1 N–H and O–H groups in total. The second-order valence-corrected chi connectivity index (χ2v) is 4.79. The van der Waals surface area contributed by atoms with Gasteiger partial charge in [0.15, 0.2) is 0 Å². The molecule has 0 heterocycles. The van der Waals surface area contributed by atoms with Crippen LogP contribution >= 0.6 is 0 Å². The highest BCUT2D eigenvalue weighted by Crippen LogP contribution is 2.30. The molecule has 0 saturated heterocycles. The Hall–Kier alpha value is -1.06. The van der Waals surface area contributed by atoms with Gasteiger partial charge in [0.05, 0.1) is 13.2 Å². The molecule has 0 radical (unpaired) electrons. The maximum absolute atomic E-state index is 10.2. The summed E-state index contributed by atoms with van der Waals surface area (Å²) in [6.45, 7) is 4.96. The van der Waals surface area contributed by atoms with Crippen molar-refractivity contribution in [3.63, 3.8) is 0 Å². The third-order valence-electron chi connectivity index (χ3n) is 3.05. The lowest BCUT2D eigenvalue weighted by molar-refractivity contribution is 0.150. The first-order valence-electron chi connectivity index (χ1n) is 5.93. The van der Waals surface area contributed by atoms with Crippen LogP contribution in [0.15, 0.2) is 12.1 Å². The highest BCUT2D eigenvalue weighted by molar-refractivity contribution is 5.42. The summed E-state index contributed by atoms with van der Waals surface area (Å²) in [7, 11) is 5.65. The summed E-state index contributed by atoms with van der Waals surface area (Å²) in [4.78, 5) is 2.07. The van der Waals surface area contributed by atoms with Crippen molar-refractivity contribution >= 4 is 0 Å². The molecule has 96 valence electrons. The first kappa shape index (κ1) is 14.0. The Balaban J connectivity index is 2.91. The number of methoxy groups -OCH3 is 1. The standard InChI is InChI=1S/C14H23NO2/c1-10-8-12(13(16)6-7-15(3)4)14(17-5)9-11(10)2/h8-9,13,16H,6-7H2,1-5H3. The Morgan fingerprint density at radius 1 is 1.24 bits per heavy atom. The summed E-state index contributed by atoms with van der Waals surface area (Å²) in [5.41, 5.74) is 3.26. The van der Waals surface area contributed by atoms with Gasteiger partial charge in [0.2, 0.25) is 0 Å². The summed E-state index contributed by atoms with van der Waals surface area (Å²) in [5.74, 6) is 0.777. The van der Waals surface area contributed by atoms with Gasteiger partial charge < -0.3 is 14.7 Å². The molecule has 0 spiro atoms. The lowest BCUT2D eigenvalue weighted by Gasteiger charge is -2.18. The molecule has 0 aliphatic heterocycles. The van der Waals surface area contributed by atoms with Gasteiger partial charge in [0, 0.05) is 12.1 Å². The van der Waals surface area contributed by atoms with E-state index < -0.39 is 6.10 Å². The van der Waals surface area contributed by atoms with Gasteiger partial charge >= 0.3 is 0 Å². The average Bonchev–Trinajstić information content (AvgIpc) is 2.28. The van der Waals surface area contributed by atoms with Gasteiger partial charge in [-0.2, -0.15) is 0 Å². The number of aliphatic hydroxyl groups is 1. The van der Waals surface area contributed by atoms with Crippen molar-refractivity contribution < 1.29 is 9.84 Å². The third kappa shape index (κ3) is 3.72. The van der Waals surface area contributed by atoms with E-state index in [9.17, 15) is 5.11 Å². The number of benzene rings is 1. The van der Waals surface area contributed by atoms with Gasteiger partial charge in [-0.3, -0.25) is 0 Å². The largest absolute Gasteiger partial charge is 0.496 e. The van der Waals surface area contributed by atoms with Crippen molar-refractivity contribution in [2.24, 2.45) is 0 Å². The van der Waals surface area contributed by atoms with Crippen molar-refractivity contribution in [3.8, 4) is 5.75 Å². The quantitative estimate of drug-likeness (QED) is 0.853. The van der Waals surface area contributed by atoms with E-state index in [1.165, 1.54) is 11.1 Å². The van der Waals surface area contributed by atoms with Crippen molar-refractivity contribution in [1.29, 1.82) is 0 Å². The molecule has 1 atom stereocenters. The van der Waals surface area contributed by atoms with Crippen LogP contribution in [0.2, 0.25) is 0 Å². The van der Waals surface area contributed by atoms with Gasteiger partial charge in [-0.1, -0.05) is 0 Å². The van der Waals surface area contributed by atoms with Crippen LogP contribution in [0.4, 0.5) is 0 Å². The first-order valence-corrected chi connectivity index (χ1v) is 5.93. The van der Waals surface area contributed by atoms with Crippen molar-refractivity contribution in [3.05, 3.63) is 28.8 Å². The zero-order chi connectivity index (χ0) is 13.0. The fourth-order valence-electron chi connectivity index (χ4n) is 1.79. The molecule has 1 unspecified atom stereocenters. The molecule has 0 fully saturated rings. The Morgan fingerprint density at radius 3 is 2.35 bits per heavy atom. The van der Waals surface area contributed by atoms with E-state index in [-0.39, 0.29) is 0 Å².